The van der Waals surface area contributed by atoms with Crippen LogP contribution in [-0.4, -0.2) is 40.6 Å². The topological polar surface area (TPSA) is 113 Å². The number of aryl methyl sites for hydroxylation is 1. The molecule has 0 saturated carbocycles. The Morgan fingerprint density at radius 3 is 2.81 bits per heavy atom. The summed E-state index contributed by atoms with van der Waals surface area (Å²) in [6.07, 6.45) is 2.77. The van der Waals surface area contributed by atoms with Crippen LogP contribution in [0.15, 0.2) is 46.3 Å². The molecule has 0 aliphatic rings. The fourth-order valence-electron chi connectivity index (χ4n) is 2.83. The maximum Gasteiger partial charge on any atom is 0.354 e. The third-order valence-electron chi connectivity index (χ3n) is 4.26. The Morgan fingerprint density at radius 2 is 2.07 bits per heavy atom. The van der Waals surface area contributed by atoms with Crippen LogP contribution in [0.5, 0.6) is 0 Å². The molecule has 3 rings (SSSR count). The van der Waals surface area contributed by atoms with Crippen LogP contribution >= 0.6 is 0 Å². The SMILES string of the molecule is CN=C(N)NCCCNCc1ccc(-n2cc3cc(C)[nH]c3nc2=O)cc1. The standard InChI is InChI=1S/C19H25N7O/c1-13-10-15-12-26(19(27)25-17(15)24-13)16-6-4-14(5-7-16)11-22-8-3-9-23-18(20)21-2/h4-7,10,12,22H,3,8-9,11H2,1-2H3,(H3,20,21,23)(H,24,25,27). The second kappa shape index (κ2) is 8.50. The molecule has 1 aromatic carbocycles. The zero-order valence-corrected chi connectivity index (χ0v) is 15.6. The van der Waals surface area contributed by atoms with Crippen molar-refractivity contribution in [3.63, 3.8) is 0 Å². The molecular formula is C19H25N7O. The summed E-state index contributed by atoms with van der Waals surface area (Å²) in [5.74, 6) is 0.461. The molecule has 2 heterocycles. The second-order valence-corrected chi connectivity index (χ2v) is 6.38. The number of aromatic nitrogens is 3. The van der Waals surface area contributed by atoms with Crippen molar-refractivity contribution in [1.82, 2.24) is 25.2 Å². The zero-order chi connectivity index (χ0) is 19.2. The van der Waals surface area contributed by atoms with E-state index in [0.717, 1.165) is 48.4 Å². The maximum atomic E-state index is 12.3. The molecule has 0 fully saturated rings. The van der Waals surface area contributed by atoms with Crippen LogP contribution in [0.3, 0.4) is 0 Å². The zero-order valence-electron chi connectivity index (χ0n) is 15.6. The molecule has 8 heteroatoms. The Bertz CT molecular complexity index is 985. The fourth-order valence-corrected chi connectivity index (χ4v) is 2.83. The van der Waals surface area contributed by atoms with E-state index in [4.69, 9.17) is 5.73 Å². The number of rotatable bonds is 7. The third kappa shape index (κ3) is 4.73. The van der Waals surface area contributed by atoms with Crippen molar-refractivity contribution in [3.05, 3.63) is 58.3 Å². The molecule has 27 heavy (non-hydrogen) atoms. The lowest BCUT2D eigenvalue weighted by Gasteiger charge is -2.08. The van der Waals surface area contributed by atoms with Gasteiger partial charge < -0.3 is 21.4 Å². The molecule has 142 valence electrons. The van der Waals surface area contributed by atoms with Crippen molar-refractivity contribution in [2.75, 3.05) is 20.1 Å². The van der Waals surface area contributed by atoms with E-state index in [2.05, 4.69) is 25.6 Å². The number of H-pyrrole nitrogens is 1. The van der Waals surface area contributed by atoms with Gasteiger partial charge in [0.25, 0.3) is 0 Å². The summed E-state index contributed by atoms with van der Waals surface area (Å²) in [5.41, 5.74) is 8.84. The third-order valence-corrected chi connectivity index (χ3v) is 4.26. The first-order valence-corrected chi connectivity index (χ1v) is 8.92. The molecule has 0 spiro atoms. The molecule has 0 aliphatic carbocycles. The first-order valence-electron chi connectivity index (χ1n) is 8.92. The Kier molecular flexibility index (Phi) is 5.87. The van der Waals surface area contributed by atoms with Crippen molar-refractivity contribution >= 4 is 17.0 Å². The maximum absolute atomic E-state index is 12.3. The Hall–Kier alpha value is -3.13. The van der Waals surface area contributed by atoms with Gasteiger partial charge in [-0.25, -0.2) is 4.79 Å². The largest absolute Gasteiger partial charge is 0.370 e. The predicted molar refractivity (Wildman–Crippen MR) is 108 cm³/mol. The minimum Gasteiger partial charge on any atom is -0.370 e. The number of aromatic amines is 1. The van der Waals surface area contributed by atoms with Gasteiger partial charge in [-0.2, -0.15) is 4.98 Å². The van der Waals surface area contributed by atoms with Gasteiger partial charge in [0.1, 0.15) is 5.65 Å². The normalized spacial score (nSPS) is 11.9. The van der Waals surface area contributed by atoms with E-state index in [1.807, 2.05) is 43.5 Å². The molecule has 8 nitrogen and oxygen atoms in total. The van der Waals surface area contributed by atoms with E-state index in [1.54, 1.807) is 11.6 Å². The molecule has 2 aromatic heterocycles. The minimum absolute atomic E-state index is 0.294. The van der Waals surface area contributed by atoms with Crippen molar-refractivity contribution in [3.8, 4) is 5.69 Å². The van der Waals surface area contributed by atoms with Crippen molar-refractivity contribution in [2.45, 2.75) is 19.9 Å². The summed E-state index contributed by atoms with van der Waals surface area (Å²) in [6, 6.07) is 9.88. The van der Waals surface area contributed by atoms with Gasteiger partial charge in [-0.15, -0.1) is 0 Å². The second-order valence-electron chi connectivity index (χ2n) is 6.38. The lowest BCUT2D eigenvalue weighted by atomic mass is 10.2. The minimum atomic E-state index is -0.294. The Balaban J connectivity index is 1.57. The van der Waals surface area contributed by atoms with Crippen LogP contribution in [0.2, 0.25) is 0 Å². The van der Waals surface area contributed by atoms with E-state index in [1.165, 1.54) is 0 Å². The van der Waals surface area contributed by atoms with Crippen molar-refractivity contribution < 1.29 is 0 Å². The van der Waals surface area contributed by atoms with Crippen LogP contribution in [-0.2, 0) is 6.54 Å². The van der Waals surface area contributed by atoms with Crippen molar-refractivity contribution in [2.24, 2.45) is 10.7 Å². The van der Waals surface area contributed by atoms with Gasteiger partial charge in [-0.1, -0.05) is 12.1 Å². The summed E-state index contributed by atoms with van der Waals surface area (Å²) in [5, 5.41) is 7.33. The quantitative estimate of drug-likeness (QED) is 0.283. The number of aliphatic imine (C=N–C) groups is 1. The molecule has 0 bridgehead atoms. The van der Waals surface area contributed by atoms with Gasteiger partial charge in [-0.05, 0) is 43.7 Å². The number of benzene rings is 1. The van der Waals surface area contributed by atoms with Gasteiger partial charge in [0.2, 0.25) is 0 Å². The molecule has 0 saturated heterocycles. The monoisotopic (exact) mass is 367 g/mol. The molecule has 0 atom stereocenters. The van der Waals surface area contributed by atoms with Gasteiger partial charge >= 0.3 is 5.69 Å². The van der Waals surface area contributed by atoms with Crippen LogP contribution in [0.1, 0.15) is 17.7 Å². The summed E-state index contributed by atoms with van der Waals surface area (Å²) in [7, 11) is 1.66. The molecule has 0 radical (unpaired) electrons. The van der Waals surface area contributed by atoms with E-state index >= 15 is 0 Å². The van der Waals surface area contributed by atoms with Crippen molar-refractivity contribution in [1.29, 1.82) is 0 Å². The molecule has 0 unspecified atom stereocenters. The van der Waals surface area contributed by atoms with Gasteiger partial charge in [0.15, 0.2) is 5.96 Å². The van der Waals surface area contributed by atoms with Gasteiger partial charge in [0, 0.05) is 37.4 Å². The summed E-state index contributed by atoms with van der Waals surface area (Å²) in [6.45, 7) is 4.37. The van der Waals surface area contributed by atoms with Crippen LogP contribution in [0.25, 0.3) is 16.7 Å². The predicted octanol–water partition coefficient (Wildman–Crippen LogP) is 1.04. The highest BCUT2D eigenvalue weighted by molar-refractivity contribution is 5.77. The van der Waals surface area contributed by atoms with Crippen LogP contribution in [0.4, 0.5) is 0 Å². The lowest BCUT2D eigenvalue weighted by Crippen LogP contribution is -2.33. The van der Waals surface area contributed by atoms with Gasteiger partial charge in [-0.3, -0.25) is 9.56 Å². The Labute approximate surface area is 157 Å². The number of guanidine groups is 1. The smallest absolute Gasteiger partial charge is 0.354 e. The molecule has 5 N–H and O–H groups in total. The highest BCUT2D eigenvalue weighted by Gasteiger charge is 2.06. The number of fused-ring (bicyclic) bond motifs is 1. The fraction of sp³-hybridized carbons (Fsp3) is 0.316. The average molecular weight is 367 g/mol. The van der Waals surface area contributed by atoms with E-state index in [-0.39, 0.29) is 5.69 Å². The first-order chi connectivity index (χ1) is 13.1. The lowest BCUT2D eigenvalue weighted by molar-refractivity contribution is 0.639. The summed E-state index contributed by atoms with van der Waals surface area (Å²) < 4.78 is 1.57. The number of nitrogens with zero attached hydrogens (tertiary/aromatic N) is 3. The summed E-state index contributed by atoms with van der Waals surface area (Å²) >= 11 is 0. The van der Waals surface area contributed by atoms with Crippen LogP contribution in [0, 0.1) is 6.92 Å². The molecule has 0 amide bonds. The van der Waals surface area contributed by atoms with Crippen LogP contribution < -0.4 is 22.1 Å². The Morgan fingerprint density at radius 1 is 1.30 bits per heavy atom. The molecule has 3 aromatic rings. The average Bonchev–Trinajstić information content (AvgIpc) is 3.03. The molecular weight excluding hydrogens is 342 g/mol. The number of nitrogens with one attached hydrogen (secondary N) is 3. The van der Waals surface area contributed by atoms with E-state index in [0.29, 0.717) is 11.6 Å². The van der Waals surface area contributed by atoms with E-state index < -0.39 is 0 Å². The first kappa shape index (κ1) is 18.7. The highest BCUT2D eigenvalue weighted by atomic mass is 16.1. The number of hydrogen-bond donors (Lipinski definition) is 4. The van der Waals surface area contributed by atoms with Gasteiger partial charge in [0.05, 0.1) is 5.69 Å². The molecule has 0 aliphatic heterocycles. The number of hydrogen-bond acceptors (Lipinski definition) is 4. The highest BCUT2D eigenvalue weighted by Crippen LogP contribution is 2.13. The summed E-state index contributed by atoms with van der Waals surface area (Å²) in [4.78, 5) is 23.3. The number of nitrogens with two attached hydrogens (primary N) is 1. The van der Waals surface area contributed by atoms with E-state index in [9.17, 15) is 4.79 Å².